The third-order valence-electron chi connectivity index (χ3n) is 6.08. The van der Waals surface area contributed by atoms with Gasteiger partial charge in [0.25, 0.3) is 5.56 Å². The van der Waals surface area contributed by atoms with Gasteiger partial charge < -0.3 is 24.1 Å². The molecule has 3 aromatic rings. The van der Waals surface area contributed by atoms with Crippen LogP contribution in [-0.2, 0) is 20.9 Å². The summed E-state index contributed by atoms with van der Waals surface area (Å²) in [6.07, 6.45) is 0.922. The number of amides is 1. The van der Waals surface area contributed by atoms with E-state index in [1.807, 2.05) is 22.8 Å². The van der Waals surface area contributed by atoms with E-state index in [0.29, 0.717) is 19.6 Å². The molecule has 0 aliphatic carbocycles. The Kier molecular flexibility index (Phi) is 5.11. The average Bonchev–Trinajstić information content (AvgIpc) is 3.18. The normalized spacial score (nSPS) is 19.9. The molecule has 2 aliphatic rings. The number of ether oxygens (including phenoxy) is 1. The summed E-state index contributed by atoms with van der Waals surface area (Å²) in [4.78, 5) is 38.6. The molecule has 2 atom stereocenters. The lowest BCUT2D eigenvalue weighted by Crippen LogP contribution is -2.50. The van der Waals surface area contributed by atoms with E-state index < -0.39 is 12.6 Å². The van der Waals surface area contributed by atoms with Crippen molar-refractivity contribution in [3.05, 3.63) is 58.5 Å². The van der Waals surface area contributed by atoms with E-state index >= 15 is 0 Å². The van der Waals surface area contributed by atoms with Crippen molar-refractivity contribution < 1.29 is 19.4 Å². The van der Waals surface area contributed by atoms with Crippen LogP contribution < -0.4 is 10.7 Å². The molecule has 160 valence electrons. The van der Waals surface area contributed by atoms with Crippen LogP contribution in [-0.4, -0.2) is 47.6 Å². The number of aromatic nitrogens is 1. The Morgan fingerprint density at radius 1 is 1.10 bits per heavy atom. The molecule has 0 spiro atoms. The molecule has 0 saturated carbocycles. The first-order valence-corrected chi connectivity index (χ1v) is 11.1. The second-order valence-corrected chi connectivity index (χ2v) is 9.28. The number of benzene rings is 1. The maximum atomic E-state index is 12.7. The molecule has 31 heavy (non-hydrogen) atoms. The molecular formula is C23H21N2O5S-. The summed E-state index contributed by atoms with van der Waals surface area (Å²) in [5, 5.41) is 11.7. The van der Waals surface area contributed by atoms with Gasteiger partial charge >= 0.3 is 0 Å². The molecular weight excluding hydrogens is 416 g/mol. The molecule has 0 radical (unpaired) electrons. The van der Waals surface area contributed by atoms with Gasteiger partial charge in [-0.15, -0.1) is 11.3 Å². The number of piperidine rings is 1. The van der Waals surface area contributed by atoms with E-state index in [1.54, 1.807) is 22.3 Å². The highest BCUT2D eigenvalue weighted by atomic mass is 32.1. The second-order valence-electron chi connectivity index (χ2n) is 8.19. The molecule has 0 N–H and O–H groups in total. The Balaban J connectivity index is 1.47. The number of hydrogen-bond donors (Lipinski definition) is 0. The van der Waals surface area contributed by atoms with Crippen molar-refractivity contribution in [2.24, 2.45) is 5.92 Å². The number of thiophene rings is 1. The van der Waals surface area contributed by atoms with E-state index in [4.69, 9.17) is 4.74 Å². The standard InChI is InChI=1S/C23H22N2O5S/c26-20-6-5-17(19-8-15-3-1-2-4-18(15)31-19)23-16-7-14(10-25(20)23)9-24(11-16)21(27)12-30-13-22(28)29/h1-6,8,14,16H,7,9-13H2,(H,28,29)/p-1/t14-,16+/m0/s1. The lowest BCUT2D eigenvalue weighted by Gasteiger charge is -2.43. The van der Waals surface area contributed by atoms with Crippen LogP contribution in [0.15, 0.2) is 47.3 Å². The van der Waals surface area contributed by atoms with Crippen molar-refractivity contribution in [1.82, 2.24) is 9.47 Å². The molecule has 2 bridgehead atoms. The fraction of sp³-hybridized carbons (Fsp3) is 0.348. The number of hydrogen-bond acceptors (Lipinski definition) is 6. The minimum atomic E-state index is -1.34. The van der Waals surface area contributed by atoms with Crippen molar-refractivity contribution in [2.45, 2.75) is 18.9 Å². The fourth-order valence-electron chi connectivity index (χ4n) is 4.85. The van der Waals surface area contributed by atoms with Crippen molar-refractivity contribution >= 4 is 33.3 Å². The zero-order valence-corrected chi connectivity index (χ0v) is 17.6. The van der Waals surface area contributed by atoms with Crippen LogP contribution in [0.3, 0.4) is 0 Å². The van der Waals surface area contributed by atoms with Gasteiger partial charge in [-0.3, -0.25) is 9.59 Å². The zero-order valence-electron chi connectivity index (χ0n) is 16.8. The summed E-state index contributed by atoms with van der Waals surface area (Å²) < 4.78 is 8.02. The van der Waals surface area contributed by atoms with Gasteiger partial charge in [0.2, 0.25) is 5.91 Å². The maximum absolute atomic E-state index is 12.7. The summed E-state index contributed by atoms with van der Waals surface area (Å²) in [6, 6.07) is 13.9. The summed E-state index contributed by atoms with van der Waals surface area (Å²) in [5.41, 5.74) is 2.03. The third kappa shape index (κ3) is 3.77. The van der Waals surface area contributed by atoms with Crippen LogP contribution >= 0.6 is 11.3 Å². The van der Waals surface area contributed by atoms with Gasteiger partial charge in [-0.05, 0) is 35.9 Å². The summed E-state index contributed by atoms with van der Waals surface area (Å²) in [7, 11) is 0. The van der Waals surface area contributed by atoms with Gasteiger partial charge in [0.15, 0.2) is 0 Å². The van der Waals surface area contributed by atoms with E-state index in [1.165, 1.54) is 10.1 Å². The number of carbonyl (C=O) groups is 2. The quantitative estimate of drug-likeness (QED) is 0.602. The Hall–Kier alpha value is -2.97. The van der Waals surface area contributed by atoms with E-state index in [9.17, 15) is 19.5 Å². The fourth-order valence-corrected chi connectivity index (χ4v) is 5.95. The van der Waals surface area contributed by atoms with Gasteiger partial charge in [-0.25, -0.2) is 0 Å². The number of carboxylic acid groups (broad SMARTS) is 1. The Bertz CT molecular complexity index is 1200. The first-order chi connectivity index (χ1) is 15.0. The minimum Gasteiger partial charge on any atom is -0.548 e. The summed E-state index contributed by atoms with van der Waals surface area (Å²) in [5.74, 6) is -1.34. The number of aliphatic carboxylic acids is 1. The van der Waals surface area contributed by atoms with Crippen molar-refractivity contribution in [1.29, 1.82) is 0 Å². The Morgan fingerprint density at radius 2 is 1.94 bits per heavy atom. The summed E-state index contributed by atoms with van der Waals surface area (Å²) in [6.45, 7) is 0.737. The first-order valence-electron chi connectivity index (χ1n) is 10.3. The highest BCUT2D eigenvalue weighted by Crippen LogP contribution is 2.42. The molecule has 2 aliphatic heterocycles. The number of carboxylic acids is 1. The molecule has 4 heterocycles. The third-order valence-corrected chi connectivity index (χ3v) is 7.23. The molecule has 5 rings (SSSR count). The first kappa shape index (κ1) is 20.0. The number of nitrogens with zero attached hydrogens (tertiary/aromatic N) is 2. The number of rotatable bonds is 5. The van der Waals surface area contributed by atoms with Crippen LogP contribution in [0, 0.1) is 5.92 Å². The van der Waals surface area contributed by atoms with E-state index in [2.05, 4.69) is 18.2 Å². The molecule has 0 unspecified atom stereocenters. The highest BCUT2D eigenvalue weighted by molar-refractivity contribution is 7.22. The minimum absolute atomic E-state index is 0.00775. The van der Waals surface area contributed by atoms with Gasteiger partial charge in [-0.2, -0.15) is 0 Å². The lowest BCUT2D eigenvalue weighted by molar-refractivity contribution is -0.309. The molecule has 1 amide bonds. The molecule has 8 heteroatoms. The SMILES string of the molecule is O=C([O-])COCC(=O)N1C[C@@H]2C[C@H](C1)c1c(-c3cc4ccccc4s3)ccc(=O)n1C2. The van der Waals surface area contributed by atoms with Crippen molar-refractivity contribution in [2.75, 3.05) is 26.3 Å². The second kappa shape index (κ2) is 7.94. The molecule has 1 aromatic carbocycles. The van der Waals surface area contributed by atoms with Crippen LogP contribution in [0.5, 0.6) is 0 Å². The Morgan fingerprint density at radius 3 is 2.74 bits per heavy atom. The van der Waals surface area contributed by atoms with Gasteiger partial charge in [0.1, 0.15) is 6.61 Å². The van der Waals surface area contributed by atoms with Crippen LogP contribution in [0.2, 0.25) is 0 Å². The van der Waals surface area contributed by atoms with E-state index in [0.717, 1.165) is 22.6 Å². The molecule has 1 saturated heterocycles. The summed E-state index contributed by atoms with van der Waals surface area (Å²) >= 11 is 1.70. The monoisotopic (exact) mass is 437 g/mol. The van der Waals surface area contributed by atoms with Crippen LogP contribution in [0.4, 0.5) is 0 Å². The molecule has 7 nitrogen and oxygen atoms in total. The molecule has 1 fully saturated rings. The average molecular weight is 437 g/mol. The number of pyridine rings is 1. The van der Waals surface area contributed by atoms with Crippen molar-refractivity contribution in [3.8, 4) is 10.4 Å². The smallest absolute Gasteiger partial charge is 0.250 e. The van der Waals surface area contributed by atoms with Crippen molar-refractivity contribution in [3.63, 3.8) is 0 Å². The Labute approximate surface area is 182 Å². The largest absolute Gasteiger partial charge is 0.548 e. The number of fused-ring (bicyclic) bond motifs is 5. The topological polar surface area (TPSA) is 91.7 Å². The van der Waals surface area contributed by atoms with Gasteiger partial charge in [-0.1, -0.05) is 18.2 Å². The predicted molar refractivity (Wildman–Crippen MR) is 115 cm³/mol. The van der Waals surface area contributed by atoms with Crippen LogP contribution in [0.1, 0.15) is 18.0 Å². The van der Waals surface area contributed by atoms with Gasteiger partial charge in [0.05, 0.1) is 12.6 Å². The molecule has 2 aromatic heterocycles. The zero-order chi connectivity index (χ0) is 21.5. The van der Waals surface area contributed by atoms with Crippen LogP contribution in [0.25, 0.3) is 20.5 Å². The van der Waals surface area contributed by atoms with E-state index in [-0.39, 0.29) is 29.9 Å². The predicted octanol–water partition coefficient (Wildman–Crippen LogP) is 1.44. The number of likely N-dealkylation sites (tertiary alicyclic amines) is 1. The highest BCUT2D eigenvalue weighted by Gasteiger charge is 2.38. The maximum Gasteiger partial charge on any atom is 0.250 e. The van der Waals surface area contributed by atoms with Gasteiger partial charge in [0, 0.05) is 52.5 Å². The lowest BCUT2D eigenvalue weighted by atomic mass is 9.81. The number of carbonyl (C=O) groups excluding carboxylic acids is 2.